The van der Waals surface area contributed by atoms with Gasteiger partial charge < -0.3 is 10.2 Å². The van der Waals surface area contributed by atoms with E-state index in [-0.39, 0.29) is 23.3 Å². The molecule has 20 heavy (non-hydrogen) atoms. The minimum absolute atomic E-state index is 0.193. The van der Waals surface area contributed by atoms with Gasteiger partial charge in [0.2, 0.25) is 0 Å². The largest absolute Gasteiger partial charge is 0.339 e. The second kappa shape index (κ2) is 5.17. The summed E-state index contributed by atoms with van der Waals surface area (Å²) in [7, 11) is 1.81. The Labute approximate surface area is 119 Å². The Morgan fingerprint density at radius 1 is 1.30 bits per heavy atom. The van der Waals surface area contributed by atoms with Gasteiger partial charge in [-0.1, -0.05) is 12.1 Å². The molecule has 1 aromatic carbocycles. The molecule has 3 nitrogen and oxygen atoms in total. The van der Waals surface area contributed by atoms with Crippen LogP contribution in [0.2, 0.25) is 0 Å². The van der Waals surface area contributed by atoms with E-state index in [1.807, 2.05) is 0 Å². The van der Waals surface area contributed by atoms with Crippen molar-refractivity contribution in [1.29, 1.82) is 0 Å². The topological polar surface area (TPSA) is 32.3 Å². The summed E-state index contributed by atoms with van der Waals surface area (Å²) in [5.74, 6) is -0.584. The fraction of sp³-hybridized carbons (Fsp3) is 0.562. The zero-order valence-corrected chi connectivity index (χ0v) is 12.0. The highest BCUT2D eigenvalue weighted by Gasteiger charge is 2.36. The molecule has 3 rings (SSSR count). The summed E-state index contributed by atoms with van der Waals surface area (Å²) in [6, 6.07) is 6.29. The van der Waals surface area contributed by atoms with Crippen molar-refractivity contribution in [3.8, 4) is 0 Å². The molecule has 2 fully saturated rings. The standard InChI is InChI=1S/C16H21FN2O/c1-10-4-3-5-14(15(10)17)16(20)19(2)13-8-11-6-7-12(9-13)18-11/h3-5,11-13,18H,6-9H2,1-2H3. The van der Waals surface area contributed by atoms with Gasteiger partial charge in [-0.15, -0.1) is 0 Å². The Balaban J connectivity index is 1.78. The SMILES string of the molecule is Cc1cccc(C(=O)N(C)C2CC3CCC(C2)N3)c1F. The Morgan fingerprint density at radius 2 is 1.95 bits per heavy atom. The molecular formula is C16H21FN2O. The molecule has 0 aliphatic carbocycles. The maximum Gasteiger partial charge on any atom is 0.256 e. The van der Waals surface area contributed by atoms with Gasteiger partial charge in [-0.05, 0) is 44.2 Å². The van der Waals surface area contributed by atoms with Crippen molar-refractivity contribution < 1.29 is 9.18 Å². The first kappa shape index (κ1) is 13.6. The number of hydrogen-bond donors (Lipinski definition) is 1. The molecular weight excluding hydrogens is 255 g/mol. The molecule has 108 valence electrons. The number of piperidine rings is 1. The van der Waals surface area contributed by atoms with Crippen molar-refractivity contribution in [2.24, 2.45) is 0 Å². The maximum atomic E-state index is 14.1. The van der Waals surface area contributed by atoms with Gasteiger partial charge in [0.25, 0.3) is 5.91 Å². The molecule has 2 atom stereocenters. The number of benzene rings is 1. The summed E-state index contributed by atoms with van der Waals surface area (Å²) in [4.78, 5) is 14.3. The molecule has 0 radical (unpaired) electrons. The van der Waals surface area contributed by atoms with Crippen LogP contribution in [0.1, 0.15) is 41.6 Å². The van der Waals surface area contributed by atoms with E-state index in [4.69, 9.17) is 0 Å². The first-order chi connectivity index (χ1) is 9.56. The molecule has 2 aliphatic heterocycles. The molecule has 1 amide bonds. The van der Waals surface area contributed by atoms with E-state index in [1.54, 1.807) is 37.1 Å². The van der Waals surface area contributed by atoms with E-state index in [0.29, 0.717) is 17.6 Å². The van der Waals surface area contributed by atoms with Crippen LogP contribution in [0.3, 0.4) is 0 Å². The number of carbonyl (C=O) groups is 1. The fourth-order valence-corrected chi connectivity index (χ4v) is 3.51. The molecule has 1 aromatic rings. The molecule has 1 N–H and O–H groups in total. The summed E-state index contributed by atoms with van der Waals surface area (Å²) in [5.41, 5.74) is 0.716. The van der Waals surface area contributed by atoms with Crippen molar-refractivity contribution in [1.82, 2.24) is 10.2 Å². The van der Waals surface area contributed by atoms with E-state index in [2.05, 4.69) is 5.32 Å². The average molecular weight is 276 g/mol. The summed E-state index contributed by atoms with van der Waals surface area (Å²) < 4.78 is 14.1. The Morgan fingerprint density at radius 3 is 2.60 bits per heavy atom. The average Bonchev–Trinajstić information content (AvgIpc) is 2.79. The van der Waals surface area contributed by atoms with Gasteiger partial charge in [0, 0.05) is 25.2 Å². The van der Waals surface area contributed by atoms with Crippen molar-refractivity contribution in [2.45, 2.75) is 50.7 Å². The van der Waals surface area contributed by atoms with Gasteiger partial charge in [-0.25, -0.2) is 4.39 Å². The molecule has 2 saturated heterocycles. The normalized spacial score (nSPS) is 28.4. The minimum Gasteiger partial charge on any atom is -0.339 e. The first-order valence-corrected chi connectivity index (χ1v) is 7.34. The fourth-order valence-electron chi connectivity index (χ4n) is 3.51. The number of nitrogens with zero attached hydrogens (tertiary/aromatic N) is 1. The number of amides is 1. The number of rotatable bonds is 2. The van der Waals surface area contributed by atoms with Gasteiger partial charge in [0.1, 0.15) is 5.82 Å². The lowest BCUT2D eigenvalue weighted by Gasteiger charge is -2.35. The number of carbonyl (C=O) groups excluding carboxylic acids is 1. The smallest absolute Gasteiger partial charge is 0.256 e. The Kier molecular flexibility index (Phi) is 3.50. The highest BCUT2D eigenvalue weighted by Crippen LogP contribution is 2.30. The summed E-state index contributed by atoms with van der Waals surface area (Å²) in [5, 5.41) is 3.56. The third-order valence-electron chi connectivity index (χ3n) is 4.74. The molecule has 0 spiro atoms. The van der Waals surface area contributed by atoms with Crippen LogP contribution in [-0.2, 0) is 0 Å². The Bertz CT molecular complexity index is 519. The quantitative estimate of drug-likeness (QED) is 0.900. The van der Waals surface area contributed by atoms with Gasteiger partial charge in [-0.2, -0.15) is 0 Å². The third kappa shape index (κ3) is 2.33. The van der Waals surface area contributed by atoms with Gasteiger partial charge >= 0.3 is 0 Å². The van der Waals surface area contributed by atoms with Crippen LogP contribution in [-0.4, -0.2) is 36.0 Å². The maximum absolute atomic E-state index is 14.1. The second-order valence-electron chi connectivity index (χ2n) is 6.12. The molecule has 2 unspecified atom stereocenters. The number of halogens is 1. The van der Waals surface area contributed by atoms with Crippen LogP contribution in [0, 0.1) is 12.7 Å². The van der Waals surface area contributed by atoms with Crippen LogP contribution >= 0.6 is 0 Å². The number of nitrogens with one attached hydrogen (secondary N) is 1. The van der Waals surface area contributed by atoms with Crippen LogP contribution < -0.4 is 5.32 Å². The van der Waals surface area contributed by atoms with Crippen molar-refractivity contribution >= 4 is 5.91 Å². The van der Waals surface area contributed by atoms with Crippen LogP contribution in [0.15, 0.2) is 18.2 Å². The molecule has 2 aliphatic rings. The monoisotopic (exact) mass is 276 g/mol. The lowest BCUT2D eigenvalue weighted by molar-refractivity contribution is 0.0677. The molecule has 2 heterocycles. The van der Waals surface area contributed by atoms with Crippen molar-refractivity contribution in [3.63, 3.8) is 0 Å². The van der Waals surface area contributed by atoms with Gasteiger partial charge in [0.05, 0.1) is 5.56 Å². The molecule has 0 saturated carbocycles. The first-order valence-electron chi connectivity index (χ1n) is 7.34. The van der Waals surface area contributed by atoms with Gasteiger partial charge in [-0.3, -0.25) is 4.79 Å². The van der Waals surface area contributed by atoms with Crippen molar-refractivity contribution in [3.05, 3.63) is 35.1 Å². The number of hydrogen-bond acceptors (Lipinski definition) is 2. The van der Waals surface area contributed by atoms with Crippen LogP contribution in [0.5, 0.6) is 0 Å². The Hall–Kier alpha value is -1.42. The highest BCUT2D eigenvalue weighted by atomic mass is 19.1. The highest BCUT2D eigenvalue weighted by molar-refractivity contribution is 5.94. The van der Waals surface area contributed by atoms with E-state index in [1.165, 1.54) is 12.8 Å². The third-order valence-corrected chi connectivity index (χ3v) is 4.74. The zero-order valence-electron chi connectivity index (χ0n) is 12.0. The summed E-state index contributed by atoms with van der Waals surface area (Å²) in [6.45, 7) is 1.69. The summed E-state index contributed by atoms with van der Waals surface area (Å²) in [6.07, 6.45) is 4.35. The van der Waals surface area contributed by atoms with E-state index < -0.39 is 0 Å². The lowest BCUT2D eigenvalue weighted by atomic mass is 9.97. The summed E-state index contributed by atoms with van der Waals surface area (Å²) >= 11 is 0. The second-order valence-corrected chi connectivity index (χ2v) is 6.12. The van der Waals surface area contributed by atoms with Gasteiger partial charge in [0.15, 0.2) is 0 Å². The molecule has 2 bridgehead atoms. The zero-order chi connectivity index (χ0) is 14.3. The minimum atomic E-state index is -0.388. The van der Waals surface area contributed by atoms with Crippen LogP contribution in [0.25, 0.3) is 0 Å². The lowest BCUT2D eigenvalue weighted by Crippen LogP contribution is -2.48. The molecule has 0 aromatic heterocycles. The van der Waals surface area contributed by atoms with E-state index in [0.717, 1.165) is 12.8 Å². The number of aryl methyl sites for hydroxylation is 1. The van der Waals surface area contributed by atoms with Crippen LogP contribution in [0.4, 0.5) is 4.39 Å². The van der Waals surface area contributed by atoms with E-state index in [9.17, 15) is 9.18 Å². The predicted octanol–water partition coefficient (Wildman–Crippen LogP) is 2.49. The molecule has 4 heteroatoms. The van der Waals surface area contributed by atoms with Crippen molar-refractivity contribution in [2.75, 3.05) is 7.05 Å². The predicted molar refractivity (Wildman–Crippen MR) is 76.2 cm³/mol. The number of fused-ring (bicyclic) bond motifs is 2. The van der Waals surface area contributed by atoms with E-state index >= 15 is 0 Å².